The molecule has 149 heavy (non-hydrogen) atoms. The first kappa shape index (κ1) is 88.9. The van der Waals surface area contributed by atoms with Crippen molar-refractivity contribution >= 4 is 179 Å². The van der Waals surface area contributed by atoms with Crippen LogP contribution in [-0.2, 0) is 26.1 Å². The molecular weight excluding hydrogens is 1850 g/mol. The highest BCUT2D eigenvalue weighted by atomic mass is 32.2. The van der Waals surface area contributed by atoms with E-state index in [-0.39, 0.29) is 16.2 Å². The van der Waals surface area contributed by atoms with Crippen LogP contribution in [0.3, 0.4) is 0 Å². The minimum Gasteiger partial charge on any atom is -0.455 e. The SMILES string of the molecule is CC1(C)c2ccccc2-c2ccc(N(c3ccc(-c4cccc5c4S(=O)(=O)c4ccccc4-5)cc3)c3cc4ccccc4c4ccccc34)cc21.CC1(C)c2ccccc2-c2ccc(N(c3ccc(-c4cccc5c4oc4ccccc45)cc3)c3cc4ccccc4c4ccccc34)cc21.CC1(C)c2ccccc2-c2ccc(N(c3ccc(-c4cccc5c4sc4ccccc45)cc3)c3cc4ccccc4c4ccccc34)cc21. The Balaban J connectivity index is 0.000000108. The van der Waals surface area contributed by atoms with Crippen molar-refractivity contribution < 1.29 is 12.8 Å². The van der Waals surface area contributed by atoms with Crippen molar-refractivity contribution in [1.82, 2.24) is 0 Å². The van der Waals surface area contributed by atoms with Crippen LogP contribution >= 0.6 is 11.3 Å². The van der Waals surface area contributed by atoms with Gasteiger partial charge in [-0.3, -0.25) is 0 Å². The monoisotopic (exact) mass is 1950 g/mol. The number of anilines is 9. The Kier molecular flexibility index (Phi) is 20.5. The van der Waals surface area contributed by atoms with E-state index in [0.717, 1.165) is 101 Å². The average Bonchev–Trinajstić information content (AvgIpc) is 1.64. The number of hydrogen-bond donors (Lipinski definition) is 0. The zero-order valence-corrected chi connectivity index (χ0v) is 84.8. The fraction of sp³-hybridized carbons (Fsp3) is 0.0638. The number of rotatable bonds is 12. The van der Waals surface area contributed by atoms with E-state index in [1.807, 2.05) is 53.8 Å². The molecule has 0 radical (unpaired) electrons. The number of benzene rings is 24. The molecule has 0 N–H and O–H groups in total. The second kappa shape index (κ2) is 34.4. The summed E-state index contributed by atoms with van der Waals surface area (Å²) in [7, 11) is -3.65. The lowest BCUT2D eigenvalue weighted by Crippen LogP contribution is -2.16. The minimum absolute atomic E-state index is 0.0914. The normalized spacial score (nSPS) is 13.7. The van der Waals surface area contributed by atoms with Gasteiger partial charge < -0.3 is 19.1 Å². The maximum atomic E-state index is 13.9. The molecule has 24 aromatic carbocycles. The molecule has 8 heteroatoms. The molecule has 3 aliphatic carbocycles. The zero-order chi connectivity index (χ0) is 99.9. The highest BCUT2D eigenvalue weighted by Crippen LogP contribution is 2.58. The van der Waals surface area contributed by atoms with Gasteiger partial charge in [0.15, 0.2) is 0 Å². The molecule has 0 atom stereocenters. The van der Waals surface area contributed by atoms with Crippen molar-refractivity contribution in [2.24, 2.45) is 0 Å². The third-order valence-electron chi connectivity index (χ3n) is 32.3. The van der Waals surface area contributed by atoms with Gasteiger partial charge in [-0.05, 0) is 247 Å². The molecule has 0 unspecified atom stereocenters. The Hall–Kier alpha value is -17.8. The highest BCUT2D eigenvalue weighted by Gasteiger charge is 2.41. The van der Waals surface area contributed by atoms with E-state index in [1.165, 1.54) is 169 Å². The smallest absolute Gasteiger partial charge is 0.208 e. The Morgan fingerprint density at radius 2 is 0.517 bits per heavy atom. The first-order chi connectivity index (χ1) is 72.9. The first-order valence-electron chi connectivity index (χ1n) is 51.4. The van der Waals surface area contributed by atoms with Crippen molar-refractivity contribution in [2.45, 2.75) is 67.6 Å². The van der Waals surface area contributed by atoms with Crippen LogP contribution in [0, 0.1) is 0 Å². The summed E-state index contributed by atoms with van der Waals surface area (Å²) >= 11 is 1.89. The van der Waals surface area contributed by atoms with Gasteiger partial charge in [0.2, 0.25) is 9.84 Å². The Morgan fingerprint density at radius 3 is 0.966 bits per heavy atom. The zero-order valence-electron chi connectivity index (χ0n) is 83.1. The van der Waals surface area contributed by atoms with Crippen LogP contribution in [0.5, 0.6) is 0 Å². The van der Waals surface area contributed by atoms with E-state index < -0.39 is 9.84 Å². The van der Waals surface area contributed by atoms with Crippen LogP contribution in [0.15, 0.2) is 506 Å². The van der Waals surface area contributed by atoms with Crippen LogP contribution in [-0.4, -0.2) is 8.42 Å². The average molecular weight is 1950 g/mol. The summed E-state index contributed by atoms with van der Waals surface area (Å²) in [6, 6.07) is 177. The van der Waals surface area contributed by atoms with Gasteiger partial charge in [-0.25, -0.2) is 8.42 Å². The van der Waals surface area contributed by atoms with Crippen LogP contribution in [0.1, 0.15) is 74.9 Å². The quantitative estimate of drug-likeness (QED) is 0.114. The lowest BCUT2D eigenvalue weighted by Gasteiger charge is -2.29. The molecule has 708 valence electrons. The van der Waals surface area contributed by atoms with Gasteiger partial charge in [0.05, 0.1) is 26.9 Å². The van der Waals surface area contributed by atoms with E-state index in [1.54, 1.807) is 12.1 Å². The van der Waals surface area contributed by atoms with Gasteiger partial charge in [0.1, 0.15) is 11.2 Å². The molecule has 4 aliphatic rings. The second-order valence-corrected chi connectivity index (χ2v) is 44.5. The van der Waals surface area contributed by atoms with E-state index in [9.17, 15) is 8.42 Å². The van der Waals surface area contributed by atoms with Gasteiger partial charge in [-0.1, -0.05) is 424 Å². The Morgan fingerprint density at radius 1 is 0.215 bits per heavy atom. The first-order valence-corrected chi connectivity index (χ1v) is 53.7. The van der Waals surface area contributed by atoms with Gasteiger partial charge in [-0.2, -0.15) is 0 Å². The molecule has 0 saturated heterocycles. The van der Waals surface area contributed by atoms with Gasteiger partial charge >= 0.3 is 0 Å². The molecule has 2 aromatic heterocycles. The predicted octanol–water partition coefficient (Wildman–Crippen LogP) is 39.4. The third kappa shape index (κ3) is 14.1. The number of sulfone groups is 1. The highest BCUT2D eigenvalue weighted by molar-refractivity contribution is 7.92. The molecule has 0 bridgehead atoms. The van der Waals surface area contributed by atoms with Crippen LogP contribution < -0.4 is 14.7 Å². The molecule has 1 aliphatic heterocycles. The lowest BCUT2D eigenvalue weighted by molar-refractivity contribution is 0.599. The lowest BCUT2D eigenvalue weighted by atomic mass is 9.82. The van der Waals surface area contributed by atoms with E-state index in [2.05, 4.69) is 493 Å². The van der Waals surface area contributed by atoms with Gasteiger partial charge in [0, 0.05) is 120 Å². The van der Waals surface area contributed by atoms with Gasteiger partial charge in [0.25, 0.3) is 0 Å². The molecule has 0 saturated carbocycles. The molecule has 3 heterocycles. The summed E-state index contributed by atoms with van der Waals surface area (Å²) < 4.78 is 36.8. The molecule has 30 rings (SSSR count). The summed E-state index contributed by atoms with van der Waals surface area (Å²) in [5.41, 5.74) is 35.4. The number of hydrogen-bond acceptors (Lipinski definition) is 7. The Labute approximate surface area is 870 Å². The van der Waals surface area contributed by atoms with E-state index >= 15 is 0 Å². The summed E-state index contributed by atoms with van der Waals surface area (Å²) in [5, 5.41) is 19.7. The molecule has 0 amide bonds. The predicted molar refractivity (Wildman–Crippen MR) is 628 cm³/mol. The van der Waals surface area contributed by atoms with Crippen LogP contribution in [0.4, 0.5) is 51.2 Å². The maximum absolute atomic E-state index is 13.9. The van der Waals surface area contributed by atoms with Crippen molar-refractivity contribution in [3.05, 3.63) is 525 Å². The summed E-state index contributed by atoms with van der Waals surface area (Å²) in [5.74, 6) is 0. The molecule has 0 fully saturated rings. The minimum atomic E-state index is -3.65. The van der Waals surface area contributed by atoms with Crippen LogP contribution in [0.25, 0.3) is 185 Å². The summed E-state index contributed by atoms with van der Waals surface area (Å²) in [4.78, 5) is 8.04. The van der Waals surface area contributed by atoms with Crippen molar-refractivity contribution in [1.29, 1.82) is 0 Å². The van der Waals surface area contributed by atoms with Crippen molar-refractivity contribution in [3.8, 4) is 77.9 Å². The summed E-state index contributed by atoms with van der Waals surface area (Å²) in [6.07, 6.45) is 0. The van der Waals surface area contributed by atoms with Crippen molar-refractivity contribution in [2.75, 3.05) is 14.7 Å². The standard InChI is InChI=1S/C47H33NO2S.C47H33NO.C47H33NS/c1-47(2)42-20-9-7-15-37(42)38-27-26-33(29-43(38)47)48(44-28-31-12-3-4-13-34(31)36-14-5-6-16-39(36)44)32-24-22-30(23-25-32)35-18-11-19-41-40-17-8-10-21-45(40)51(49,50)46(35)41;2*1-47(2)42-20-9-7-15-37(42)38-27-26-33(29-43(38)47)48(44-28-31-12-3-4-13-34(31)36-14-5-6-16-39(36)44)32-24-22-30(23-25-32)35-18-11-19-41-40-17-8-10-21-45(40)49-46(35)41/h3-29H,1-2H3;2*3-29H,1-2H3. The van der Waals surface area contributed by atoms with Gasteiger partial charge in [-0.15, -0.1) is 11.3 Å². The maximum Gasteiger partial charge on any atom is 0.208 e. The van der Waals surface area contributed by atoms with E-state index in [4.69, 9.17) is 4.42 Å². The Bertz CT molecular complexity index is 9810. The summed E-state index contributed by atoms with van der Waals surface area (Å²) in [6.45, 7) is 14.1. The third-order valence-corrected chi connectivity index (χ3v) is 35.4. The molecule has 26 aromatic rings. The fourth-order valence-corrected chi connectivity index (χ4v) is 28.2. The number of nitrogens with zero attached hydrogens (tertiary/aromatic N) is 3. The number of thiophene rings is 1. The molecule has 0 spiro atoms. The molecular formula is C141H99N3O3S2. The van der Waals surface area contributed by atoms with Crippen LogP contribution in [0.2, 0.25) is 0 Å². The van der Waals surface area contributed by atoms with Crippen molar-refractivity contribution in [3.63, 3.8) is 0 Å². The number of para-hydroxylation sites is 2. The number of fused-ring (bicyclic) bond motifs is 27. The fourth-order valence-electron chi connectivity index (χ4n) is 25.1. The topological polar surface area (TPSA) is 57.0 Å². The molecule has 6 nitrogen and oxygen atoms in total. The van der Waals surface area contributed by atoms with E-state index in [0.29, 0.717) is 9.79 Å². The largest absolute Gasteiger partial charge is 0.455 e. The second-order valence-electron chi connectivity index (χ2n) is 41.6. The number of furan rings is 1.